The molecule has 7 heteroatoms. The highest BCUT2D eigenvalue weighted by Gasteiger charge is 2.33. The highest BCUT2D eigenvalue weighted by atomic mass is 32.2. The zero-order valence-corrected chi connectivity index (χ0v) is 16.6. The Labute approximate surface area is 159 Å². The number of para-hydroxylation sites is 1. The molecule has 2 aromatic carbocycles. The lowest BCUT2D eigenvalue weighted by atomic mass is 9.84. The molecule has 0 fully saturated rings. The number of ether oxygens (including phenoxy) is 1. The number of nitrogens with two attached hydrogens (primary N) is 1. The van der Waals surface area contributed by atoms with E-state index in [-0.39, 0.29) is 22.6 Å². The first kappa shape index (κ1) is 20.9. The number of benzene rings is 2. The summed E-state index contributed by atoms with van der Waals surface area (Å²) in [4.78, 5) is 11.6. The molecule has 0 aliphatic heterocycles. The number of rotatable bonds is 7. The van der Waals surface area contributed by atoms with Gasteiger partial charge in [0.2, 0.25) is 5.91 Å². The van der Waals surface area contributed by atoms with Crippen LogP contribution in [0.3, 0.4) is 0 Å². The molecule has 0 saturated heterocycles. The molecular formula is C20H24FNO4S. The third kappa shape index (κ3) is 4.47. The number of carbonyl (C=O) groups is 1. The molecule has 1 amide bonds. The molecule has 0 atom stereocenters. The Morgan fingerprint density at radius 2 is 1.74 bits per heavy atom. The maximum absolute atomic E-state index is 14.7. The first-order chi connectivity index (χ1) is 12.5. The second-order valence-electron chi connectivity index (χ2n) is 7.29. The van der Waals surface area contributed by atoms with Gasteiger partial charge in [-0.25, -0.2) is 12.8 Å². The fourth-order valence-corrected chi connectivity index (χ4v) is 3.66. The minimum Gasteiger partial charge on any atom is -0.456 e. The van der Waals surface area contributed by atoms with Crippen LogP contribution in [0.4, 0.5) is 4.39 Å². The fourth-order valence-electron chi connectivity index (χ4n) is 2.47. The first-order valence-corrected chi connectivity index (χ1v) is 10.1. The summed E-state index contributed by atoms with van der Waals surface area (Å²) in [5, 5.41) is -0.724. The van der Waals surface area contributed by atoms with Gasteiger partial charge in [0.15, 0.2) is 15.6 Å². The molecule has 0 aliphatic rings. The highest BCUT2D eigenvalue weighted by molar-refractivity contribution is 7.92. The van der Waals surface area contributed by atoms with Gasteiger partial charge < -0.3 is 10.5 Å². The molecular weight excluding hydrogens is 369 g/mol. The zero-order chi connectivity index (χ0) is 20.4. The van der Waals surface area contributed by atoms with Crippen molar-refractivity contribution >= 4 is 15.7 Å². The molecule has 2 aromatic rings. The van der Waals surface area contributed by atoms with Crippen LogP contribution >= 0.6 is 0 Å². The van der Waals surface area contributed by atoms with Crippen molar-refractivity contribution in [3.63, 3.8) is 0 Å². The lowest BCUT2D eigenvalue weighted by molar-refractivity contribution is -0.125. The van der Waals surface area contributed by atoms with Crippen molar-refractivity contribution in [3.05, 3.63) is 53.8 Å². The Hall–Kier alpha value is -2.41. The second-order valence-corrected chi connectivity index (χ2v) is 9.76. The van der Waals surface area contributed by atoms with Crippen LogP contribution in [0.5, 0.6) is 11.5 Å². The van der Waals surface area contributed by atoms with Gasteiger partial charge in [-0.1, -0.05) is 32.0 Å². The van der Waals surface area contributed by atoms with Gasteiger partial charge in [0.1, 0.15) is 16.5 Å². The third-order valence-electron chi connectivity index (χ3n) is 4.34. The smallest absolute Gasteiger partial charge is 0.223 e. The quantitative estimate of drug-likeness (QED) is 0.724. The van der Waals surface area contributed by atoms with Crippen molar-refractivity contribution in [2.75, 3.05) is 0 Å². The highest BCUT2D eigenvalue weighted by Crippen LogP contribution is 2.39. The lowest BCUT2D eigenvalue weighted by Gasteiger charge is -2.24. The fraction of sp³-hybridized carbons (Fsp3) is 0.350. The van der Waals surface area contributed by atoms with Crippen LogP contribution in [0.1, 0.15) is 33.3 Å². The Kier molecular flexibility index (Phi) is 5.94. The van der Waals surface area contributed by atoms with Crippen LogP contribution in [0.25, 0.3) is 0 Å². The molecule has 0 saturated carbocycles. The van der Waals surface area contributed by atoms with E-state index in [1.165, 1.54) is 19.9 Å². The molecule has 0 bridgehead atoms. The number of carbonyl (C=O) groups excluding carboxylic acids is 1. The second kappa shape index (κ2) is 7.68. The van der Waals surface area contributed by atoms with E-state index in [1.807, 2.05) is 0 Å². The number of hydrogen-bond donors (Lipinski definition) is 1. The summed E-state index contributed by atoms with van der Waals surface area (Å²) >= 11 is 0. The van der Waals surface area contributed by atoms with Crippen molar-refractivity contribution in [3.8, 4) is 11.5 Å². The van der Waals surface area contributed by atoms with Crippen LogP contribution in [0.15, 0.2) is 47.4 Å². The van der Waals surface area contributed by atoms with Crippen LogP contribution < -0.4 is 10.5 Å². The molecule has 0 spiro atoms. The Bertz CT molecular complexity index is 938. The topological polar surface area (TPSA) is 86.5 Å². The number of halogens is 1. The number of hydrogen-bond acceptors (Lipinski definition) is 4. The van der Waals surface area contributed by atoms with Crippen molar-refractivity contribution in [1.82, 2.24) is 0 Å². The monoisotopic (exact) mass is 393 g/mol. The average molecular weight is 393 g/mol. The standard InChI is InChI=1S/C20H24FNO4S/c1-13(2)27(24,25)17-11-10-16(21)15(12-20(3,4)19(22)23)18(17)26-14-8-6-5-7-9-14/h5-11,13H,12H2,1-4H3,(H2,22,23). The molecule has 27 heavy (non-hydrogen) atoms. The Balaban J connectivity index is 2.72. The molecule has 0 radical (unpaired) electrons. The van der Waals surface area contributed by atoms with Gasteiger partial charge in [-0.3, -0.25) is 4.79 Å². The molecule has 0 aliphatic carbocycles. The molecule has 0 unspecified atom stereocenters. The van der Waals surface area contributed by atoms with E-state index >= 15 is 0 Å². The number of amides is 1. The van der Waals surface area contributed by atoms with E-state index in [9.17, 15) is 17.6 Å². The van der Waals surface area contributed by atoms with E-state index in [1.54, 1.807) is 44.2 Å². The van der Waals surface area contributed by atoms with Gasteiger partial charge in [-0.2, -0.15) is 0 Å². The predicted molar refractivity (Wildman–Crippen MR) is 102 cm³/mol. The summed E-state index contributed by atoms with van der Waals surface area (Å²) in [6.07, 6.45) is -0.0994. The van der Waals surface area contributed by atoms with E-state index in [0.29, 0.717) is 5.75 Å². The summed E-state index contributed by atoms with van der Waals surface area (Å²) in [5.74, 6) is -1.02. The average Bonchev–Trinajstić information content (AvgIpc) is 2.58. The maximum Gasteiger partial charge on any atom is 0.223 e. The lowest BCUT2D eigenvalue weighted by Crippen LogP contribution is -2.34. The van der Waals surface area contributed by atoms with Crippen molar-refractivity contribution in [2.45, 2.75) is 44.3 Å². The van der Waals surface area contributed by atoms with Crippen molar-refractivity contribution in [2.24, 2.45) is 11.1 Å². The van der Waals surface area contributed by atoms with Gasteiger partial charge in [-0.15, -0.1) is 0 Å². The third-order valence-corrected chi connectivity index (χ3v) is 6.52. The Morgan fingerprint density at radius 1 is 1.15 bits per heavy atom. The zero-order valence-electron chi connectivity index (χ0n) is 15.8. The summed E-state index contributed by atoms with van der Waals surface area (Å²) in [6, 6.07) is 10.8. The van der Waals surface area contributed by atoms with Crippen molar-refractivity contribution < 1.29 is 22.3 Å². The van der Waals surface area contributed by atoms with E-state index in [0.717, 1.165) is 6.07 Å². The minimum absolute atomic E-state index is 0.00405. The minimum atomic E-state index is -3.75. The summed E-state index contributed by atoms with van der Waals surface area (Å²) < 4.78 is 46.1. The van der Waals surface area contributed by atoms with Gasteiger partial charge >= 0.3 is 0 Å². The number of primary amides is 1. The summed E-state index contributed by atoms with van der Waals surface area (Å²) in [6.45, 7) is 6.23. The predicted octanol–water partition coefficient (Wildman–Crippen LogP) is 3.85. The molecule has 0 aromatic heterocycles. The SMILES string of the molecule is CC(C)S(=O)(=O)c1ccc(F)c(CC(C)(C)C(N)=O)c1Oc1ccccc1. The summed E-state index contributed by atoms with van der Waals surface area (Å²) in [7, 11) is -3.75. The maximum atomic E-state index is 14.7. The van der Waals surface area contributed by atoms with Crippen LogP contribution in [0, 0.1) is 11.2 Å². The normalized spacial score (nSPS) is 12.2. The van der Waals surface area contributed by atoms with E-state index in [2.05, 4.69) is 0 Å². The largest absolute Gasteiger partial charge is 0.456 e. The molecule has 2 rings (SSSR count). The molecule has 0 heterocycles. The van der Waals surface area contributed by atoms with Crippen LogP contribution in [0.2, 0.25) is 0 Å². The molecule has 146 valence electrons. The van der Waals surface area contributed by atoms with E-state index < -0.39 is 32.2 Å². The molecule has 2 N–H and O–H groups in total. The summed E-state index contributed by atoms with van der Waals surface area (Å²) in [5.41, 5.74) is 4.34. The number of sulfone groups is 1. The Morgan fingerprint density at radius 3 is 2.26 bits per heavy atom. The van der Waals surface area contributed by atoms with E-state index in [4.69, 9.17) is 10.5 Å². The van der Waals surface area contributed by atoms with Gasteiger partial charge in [0.05, 0.1) is 5.25 Å². The van der Waals surface area contributed by atoms with Gasteiger partial charge in [0.25, 0.3) is 0 Å². The first-order valence-electron chi connectivity index (χ1n) is 8.55. The van der Waals surface area contributed by atoms with Crippen molar-refractivity contribution in [1.29, 1.82) is 0 Å². The van der Waals surface area contributed by atoms with Gasteiger partial charge in [-0.05, 0) is 44.5 Å². The van der Waals surface area contributed by atoms with Crippen LogP contribution in [-0.2, 0) is 21.1 Å². The molecule has 5 nitrogen and oxygen atoms in total. The van der Waals surface area contributed by atoms with Gasteiger partial charge in [0, 0.05) is 11.0 Å². The van der Waals surface area contributed by atoms with Crippen LogP contribution in [-0.4, -0.2) is 19.6 Å².